The zero-order valence-electron chi connectivity index (χ0n) is 72.6. The third-order valence-corrected chi connectivity index (χ3v) is 26.8. The Kier molecular flexibility index (Phi) is 30.9. The Labute approximate surface area is 856 Å². The summed E-state index contributed by atoms with van der Waals surface area (Å²) < 4.78 is 4.90. The molecule has 0 bridgehead atoms. The Morgan fingerprint density at radius 2 is 0.770 bits per heavy atom. The second-order valence-electron chi connectivity index (χ2n) is 31.3. The number of hydrogen-bond acceptors (Lipinski definition) is 15. The minimum Gasteiger partial charge on any atom is -0.513 e. The quantitative estimate of drug-likeness (QED) is 0.0609. The molecule has 1 atom stereocenters. The predicted octanol–water partition coefficient (Wildman–Crippen LogP) is 29.4. The molecule has 0 spiro atoms. The maximum atomic E-state index is 8.49. The summed E-state index contributed by atoms with van der Waals surface area (Å²) in [5, 5.41) is 26.0. The molecule has 663 valence electrons. The Morgan fingerprint density at radius 1 is 0.378 bits per heavy atom. The summed E-state index contributed by atoms with van der Waals surface area (Å²) in [5.74, 6) is 0.162. The Morgan fingerprint density at radius 3 is 1.21 bits per heavy atom. The number of pyridine rings is 6. The molecular formula is C116H78IrN9O2Pt3S4-. The standard InChI is InChI=1S/C39H22N2S2.C28H19N3.C27H16N2S2.C17H11N2.C5H10O2.Ir.3Pt/c1-7-19-33-25(11-1)23-35(42-33)31-17-9-21-37(40-31)39(29-15-5-3-13-27(29)28-14-4-6-16-30(28)39)38-22-10-18-32(41-38)36-24-26-12-2-8-20-34(26)43-36;1-2-12-24(13-3-1)31(25-14-8-10-22(20-25)27-16-4-6-18-29-27)26-15-9-11-23(21-26)28-17-5-7-19-30-28;1-3-13-24-18(7-1)15-26(30-24)22-11-5-9-20(28-22)17-21-10-6-12-23(29-21)27-16-19-8-2-4-14-25(19)31-27;1-11-10-18-16-14-8-4-2-6-12(14)13-7-3-5-9-15(13)17(16)19-11;1-4(6)3-5(2)7;;;;/h1-22H;1-19H;1-14H,17H2;2-7,9-10H,1H3;3-4,6-7H,1-2H3;;;;/q3*-2;-1;;;3*+2. The summed E-state index contributed by atoms with van der Waals surface area (Å²) in [4.78, 5) is 45.3. The first kappa shape index (κ1) is 95.4. The number of allylic oxidation sites excluding steroid dienone is 1. The third kappa shape index (κ3) is 20.8. The van der Waals surface area contributed by atoms with Crippen LogP contribution in [0, 0.1) is 49.4 Å². The van der Waals surface area contributed by atoms with Crippen molar-refractivity contribution in [2.24, 2.45) is 0 Å². The maximum absolute atomic E-state index is 8.49. The van der Waals surface area contributed by atoms with Crippen molar-refractivity contribution in [3.05, 3.63) is 476 Å². The number of aliphatic hydroxyl groups excluding tert-OH is 2. The van der Waals surface area contributed by atoms with Crippen LogP contribution in [-0.2, 0) is 95.1 Å². The molecule has 11 nitrogen and oxygen atoms in total. The molecule has 1 aliphatic rings. The summed E-state index contributed by atoms with van der Waals surface area (Å²) in [5.41, 5.74) is 21.2. The molecule has 24 rings (SSSR count). The van der Waals surface area contributed by atoms with Crippen LogP contribution in [0.2, 0.25) is 0 Å². The third-order valence-electron chi connectivity index (χ3n) is 22.4. The number of aryl methyl sites for hydroxylation is 1. The Bertz CT molecular complexity index is 7580. The molecule has 0 amide bonds. The minimum atomic E-state index is -0.688. The van der Waals surface area contributed by atoms with Crippen molar-refractivity contribution < 1.29 is 93.5 Å². The van der Waals surface area contributed by atoms with Crippen LogP contribution in [0.4, 0.5) is 17.1 Å². The van der Waals surface area contributed by atoms with Crippen LogP contribution in [-0.4, -0.2) is 56.2 Å². The van der Waals surface area contributed by atoms with E-state index in [1.54, 1.807) is 64.7 Å². The van der Waals surface area contributed by atoms with Gasteiger partial charge in [-0.05, 0) is 164 Å². The Balaban J connectivity index is 0.000000130. The zero-order chi connectivity index (χ0) is 88.6. The fourth-order valence-corrected chi connectivity index (χ4v) is 20.6. The van der Waals surface area contributed by atoms with E-state index in [0.717, 1.165) is 154 Å². The van der Waals surface area contributed by atoms with Crippen LogP contribution in [0.5, 0.6) is 0 Å². The van der Waals surface area contributed by atoms with Crippen LogP contribution >= 0.6 is 45.3 Å². The van der Waals surface area contributed by atoms with Crippen LogP contribution < -0.4 is 4.90 Å². The number of nitrogens with zero attached hydrogens (tertiary/aromatic N) is 9. The monoisotopic (exact) mass is 2530 g/mol. The first-order valence-electron chi connectivity index (χ1n) is 42.9. The van der Waals surface area contributed by atoms with Gasteiger partial charge in [0.15, 0.2) is 0 Å². The van der Waals surface area contributed by atoms with Gasteiger partial charge in [-0.3, -0.25) is 24.9 Å². The van der Waals surface area contributed by atoms with E-state index in [2.05, 4.69) is 322 Å². The number of rotatable bonds is 14. The molecule has 1 radical (unpaired) electrons. The van der Waals surface area contributed by atoms with Crippen molar-refractivity contribution in [1.29, 1.82) is 0 Å². The van der Waals surface area contributed by atoms with Gasteiger partial charge >= 0.3 is 63.2 Å². The maximum Gasteiger partial charge on any atom is 2.00 e. The number of thiophene rings is 4. The van der Waals surface area contributed by atoms with Crippen LogP contribution in [0.25, 0.3) is 149 Å². The molecule has 19 heteroatoms. The largest absolute Gasteiger partial charge is 2.00 e. The molecule has 11 aromatic heterocycles. The molecule has 23 aromatic rings. The minimum absolute atomic E-state index is 0. The van der Waals surface area contributed by atoms with E-state index in [1.807, 2.05) is 122 Å². The van der Waals surface area contributed by atoms with Gasteiger partial charge in [0.05, 0.1) is 34.5 Å². The zero-order valence-corrected chi connectivity index (χ0v) is 85.0. The molecule has 2 N–H and O–H groups in total. The molecule has 0 saturated heterocycles. The summed E-state index contributed by atoms with van der Waals surface area (Å²) >= 11 is 6.93. The van der Waals surface area contributed by atoms with Gasteiger partial charge in [-0.2, -0.15) is 0 Å². The van der Waals surface area contributed by atoms with Crippen molar-refractivity contribution >= 4 is 135 Å². The van der Waals surface area contributed by atoms with Gasteiger partial charge in [-0.15, -0.1) is 184 Å². The number of anilines is 3. The summed E-state index contributed by atoms with van der Waals surface area (Å²) in [7, 11) is 0. The first-order chi connectivity index (χ1) is 64.5. The molecule has 0 aliphatic heterocycles. The molecule has 0 fully saturated rings. The van der Waals surface area contributed by atoms with Gasteiger partial charge in [0.2, 0.25) is 0 Å². The predicted molar refractivity (Wildman–Crippen MR) is 541 cm³/mol. The fourth-order valence-electron chi connectivity index (χ4n) is 16.7. The van der Waals surface area contributed by atoms with Crippen molar-refractivity contribution in [1.82, 2.24) is 39.9 Å². The normalized spacial score (nSPS) is 11.7. The average Bonchev–Trinajstić information content (AvgIpc) is 1.54. The van der Waals surface area contributed by atoms with Gasteiger partial charge < -0.3 is 30.1 Å². The molecule has 1 aliphatic carbocycles. The van der Waals surface area contributed by atoms with E-state index >= 15 is 0 Å². The fraction of sp³-hybridized carbons (Fsp3) is 0.0517. The average molecular weight is 2540 g/mol. The second kappa shape index (κ2) is 43.7. The summed E-state index contributed by atoms with van der Waals surface area (Å²) in [6.45, 7) is 5.08. The van der Waals surface area contributed by atoms with E-state index in [9.17, 15) is 0 Å². The molecule has 0 saturated carbocycles. The van der Waals surface area contributed by atoms with Gasteiger partial charge in [-0.25, -0.2) is 45.3 Å². The van der Waals surface area contributed by atoms with E-state index in [0.29, 0.717) is 6.42 Å². The molecule has 11 heterocycles. The molecule has 135 heavy (non-hydrogen) atoms. The van der Waals surface area contributed by atoms with E-state index in [-0.39, 0.29) is 89.1 Å². The smallest absolute Gasteiger partial charge is 0.513 e. The summed E-state index contributed by atoms with van der Waals surface area (Å²) in [6.07, 6.45) is 6.93. The number of aromatic nitrogens is 8. The number of para-hydroxylation sites is 1. The number of benzene rings is 12. The van der Waals surface area contributed by atoms with Gasteiger partial charge in [0, 0.05) is 90.5 Å². The topological polar surface area (TPSA) is 147 Å². The van der Waals surface area contributed by atoms with E-state index < -0.39 is 11.5 Å². The van der Waals surface area contributed by atoms with Crippen molar-refractivity contribution in [3.8, 4) is 75.9 Å². The van der Waals surface area contributed by atoms with Crippen molar-refractivity contribution in [2.75, 3.05) is 4.90 Å². The van der Waals surface area contributed by atoms with E-state index in [1.165, 1.54) is 64.8 Å². The number of hydrogen-bond donors (Lipinski definition) is 2. The molecule has 12 aromatic carbocycles. The first-order valence-corrected chi connectivity index (χ1v) is 46.2. The SMILES string of the molecule is CC(O)=CC(C)O.Cc1cnc2c3[c-]cccc3c3ccccc3c2n1.[Ir].[Pt+2].[Pt+2].[Pt+2].[c-]1c(-c2cccc(C3(c4cccc(-c5[c-]c6ccccc6s5)n4)c4ccccc4-c4ccccc43)n2)sc2ccccc12.[c-]1c(-c2cccc(Cc3cccc(-c4[c-]c5ccccc5s4)n3)n2)sc2ccccc12.[c-]1c(-c2ccccn2)cccc1N(c1[c-]c(-c2ccccn2)ccc1)c1ccccc1. The van der Waals surface area contributed by atoms with Gasteiger partial charge in [-0.1, -0.05) is 223 Å². The van der Waals surface area contributed by atoms with Gasteiger partial charge in [0.25, 0.3) is 0 Å². The second-order valence-corrected chi connectivity index (χ2v) is 35.5. The van der Waals surface area contributed by atoms with Crippen LogP contribution in [0.15, 0.2) is 394 Å². The molecular weight excluding hydrogens is 2460 g/mol. The number of fused-ring (bicyclic) bond motifs is 13. The van der Waals surface area contributed by atoms with Gasteiger partial charge in [0.1, 0.15) is 5.41 Å². The van der Waals surface area contributed by atoms with Crippen molar-refractivity contribution in [3.63, 3.8) is 0 Å². The van der Waals surface area contributed by atoms with E-state index in [4.69, 9.17) is 30.1 Å². The van der Waals surface area contributed by atoms with Crippen LogP contribution in [0.1, 0.15) is 53.4 Å². The molecule has 1 unspecified atom stereocenters. The Hall–Kier alpha value is -12.7. The van der Waals surface area contributed by atoms with Crippen molar-refractivity contribution in [2.45, 2.75) is 38.7 Å². The summed E-state index contributed by atoms with van der Waals surface area (Å²) in [6, 6.07) is 149. The number of aliphatic hydroxyl groups is 2. The van der Waals surface area contributed by atoms with Crippen LogP contribution in [0.3, 0.4) is 0 Å².